The SMILES string of the molecule is CCCNc1cc(NCC(O)CC(C)(C)C)nc(SC)n1. The number of nitrogens with one attached hydrogen (secondary N) is 2. The summed E-state index contributed by atoms with van der Waals surface area (Å²) in [6.45, 7) is 9.87. The van der Waals surface area contributed by atoms with Crippen LogP contribution < -0.4 is 10.6 Å². The number of thioether (sulfide) groups is 1. The highest BCUT2D eigenvalue weighted by molar-refractivity contribution is 7.98. The predicted molar refractivity (Wildman–Crippen MR) is 91.2 cm³/mol. The molecule has 0 aliphatic rings. The van der Waals surface area contributed by atoms with Crippen LogP contribution in [0.25, 0.3) is 0 Å². The molecule has 1 heterocycles. The van der Waals surface area contributed by atoms with Gasteiger partial charge in [-0.2, -0.15) is 0 Å². The minimum Gasteiger partial charge on any atom is -0.391 e. The lowest BCUT2D eigenvalue weighted by molar-refractivity contribution is 0.132. The van der Waals surface area contributed by atoms with E-state index in [0.717, 1.165) is 36.2 Å². The number of hydrogen-bond donors (Lipinski definition) is 3. The van der Waals surface area contributed by atoms with Crippen molar-refractivity contribution in [1.29, 1.82) is 0 Å². The smallest absolute Gasteiger partial charge is 0.191 e. The summed E-state index contributed by atoms with van der Waals surface area (Å²) in [4.78, 5) is 8.83. The quantitative estimate of drug-likeness (QED) is 0.506. The largest absolute Gasteiger partial charge is 0.391 e. The minimum absolute atomic E-state index is 0.116. The van der Waals surface area contributed by atoms with Crippen molar-refractivity contribution in [1.82, 2.24) is 9.97 Å². The summed E-state index contributed by atoms with van der Waals surface area (Å²) in [5, 5.41) is 17.3. The van der Waals surface area contributed by atoms with Gasteiger partial charge in [0.2, 0.25) is 0 Å². The lowest BCUT2D eigenvalue weighted by Crippen LogP contribution is -2.25. The molecule has 6 heteroatoms. The van der Waals surface area contributed by atoms with E-state index < -0.39 is 0 Å². The van der Waals surface area contributed by atoms with Crippen molar-refractivity contribution in [3.05, 3.63) is 6.07 Å². The summed E-state index contributed by atoms with van der Waals surface area (Å²) < 4.78 is 0. The second-order valence-corrected chi connectivity index (χ2v) is 7.12. The van der Waals surface area contributed by atoms with E-state index in [9.17, 15) is 5.11 Å². The molecule has 1 aromatic rings. The maximum atomic E-state index is 10.1. The zero-order chi connectivity index (χ0) is 15.9. The third-order valence-corrected chi connectivity index (χ3v) is 3.36. The molecule has 1 unspecified atom stereocenters. The van der Waals surface area contributed by atoms with E-state index >= 15 is 0 Å². The van der Waals surface area contributed by atoms with E-state index in [0.29, 0.717) is 6.54 Å². The summed E-state index contributed by atoms with van der Waals surface area (Å²) in [5.74, 6) is 1.57. The minimum atomic E-state index is -0.384. The Kier molecular flexibility index (Phi) is 7.25. The number of hydrogen-bond acceptors (Lipinski definition) is 6. The molecule has 0 aromatic carbocycles. The van der Waals surface area contributed by atoms with Gasteiger partial charge in [0.25, 0.3) is 0 Å². The molecule has 0 spiro atoms. The lowest BCUT2D eigenvalue weighted by Gasteiger charge is -2.22. The molecular weight excluding hydrogens is 284 g/mol. The van der Waals surface area contributed by atoms with Crippen LogP contribution in [0.3, 0.4) is 0 Å². The third-order valence-electron chi connectivity index (χ3n) is 2.81. The van der Waals surface area contributed by atoms with Crippen LogP contribution in [0, 0.1) is 5.41 Å². The molecule has 0 bridgehead atoms. The fourth-order valence-electron chi connectivity index (χ4n) is 1.95. The second kappa shape index (κ2) is 8.44. The van der Waals surface area contributed by atoms with Crippen LogP contribution in [0.1, 0.15) is 40.5 Å². The molecular formula is C15H28N4OS. The fourth-order valence-corrected chi connectivity index (χ4v) is 2.33. The van der Waals surface area contributed by atoms with E-state index in [1.54, 1.807) is 0 Å². The Balaban J connectivity index is 2.64. The van der Waals surface area contributed by atoms with Gasteiger partial charge in [0, 0.05) is 19.2 Å². The zero-order valence-electron chi connectivity index (χ0n) is 13.7. The highest BCUT2D eigenvalue weighted by Crippen LogP contribution is 2.21. The number of aromatic nitrogens is 2. The van der Waals surface area contributed by atoms with Crippen molar-refractivity contribution >= 4 is 23.4 Å². The summed E-state index contributed by atoms with van der Waals surface area (Å²) in [5.41, 5.74) is 0.116. The third kappa shape index (κ3) is 7.52. The summed E-state index contributed by atoms with van der Waals surface area (Å²) in [6, 6.07) is 1.89. The van der Waals surface area contributed by atoms with Crippen LogP contribution >= 0.6 is 11.8 Å². The van der Waals surface area contributed by atoms with Gasteiger partial charge in [-0.1, -0.05) is 39.5 Å². The predicted octanol–water partition coefficient (Wildman–Crippen LogP) is 3.23. The Bertz CT molecular complexity index is 434. The Morgan fingerprint density at radius 3 is 2.38 bits per heavy atom. The highest BCUT2D eigenvalue weighted by Gasteiger charge is 2.16. The molecule has 0 fully saturated rings. The van der Waals surface area contributed by atoms with E-state index in [1.165, 1.54) is 11.8 Å². The van der Waals surface area contributed by atoms with Crippen molar-refractivity contribution in [2.24, 2.45) is 5.41 Å². The van der Waals surface area contributed by atoms with E-state index in [1.807, 2.05) is 12.3 Å². The van der Waals surface area contributed by atoms with Crippen LogP contribution in [-0.4, -0.2) is 40.5 Å². The topological polar surface area (TPSA) is 70.1 Å². The van der Waals surface area contributed by atoms with Gasteiger partial charge in [0.1, 0.15) is 11.6 Å². The van der Waals surface area contributed by atoms with Crippen LogP contribution in [0.15, 0.2) is 11.2 Å². The molecule has 0 saturated carbocycles. The number of aliphatic hydroxyl groups excluding tert-OH is 1. The first-order valence-electron chi connectivity index (χ1n) is 7.43. The van der Waals surface area contributed by atoms with Gasteiger partial charge in [-0.25, -0.2) is 9.97 Å². The Hall–Kier alpha value is -1.01. The molecule has 0 saturated heterocycles. The average Bonchev–Trinajstić information content (AvgIpc) is 2.41. The van der Waals surface area contributed by atoms with Gasteiger partial charge in [0.15, 0.2) is 5.16 Å². The van der Waals surface area contributed by atoms with Crippen molar-refractivity contribution < 1.29 is 5.11 Å². The van der Waals surface area contributed by atoms with Crippen molar-refractivity contribution in [2.45, 2.75) is 51.8 Å². The molecule has 1 aromatic heterocycles. The molecule has 1 atom stereocenters. The number of rotatable bonds is 8. The molecule has 0 aliphatic carbocycles. The van der Waals surface area contributed by atoms with E-state index in [4.69, 9.17) is 0 Å². The molecule has 120 valence electrons. The number of anilines is 2. The molecule has 5 nitrogen and oxygen atoms in total. The summed E-state index contributed by atoms with van der Waals surface area (Å²) in [6.07, 6.45) is 3.37. The Morgan fingerprint density at radius 2 is 1.86 bits per heavy atom. The highest BCUT2D eigenvalue weighted by atomic mass is 32.2. The molecule has 0 aliphatic heterocycles. The van der Waals surface area contributed by atoms with Gasteiger partial charge >= 0.3 is 0 Å². The van der Waals surface area contributed by atoms with Gasteiger partial charge in [-0.15, -0.1) is 0 Å². The summed E-state index contributed by atoms with van der Waals surface area (Å²) >= 11 is 1.51. The Morgan fingerprint density at radius 1 is 1.24 bits per heavy atom. The first-order valence-corrected chi connectivity index (χ1v) is 8.65. The van der Waals surface area contributed by atoms with Crippen LogP contribution in [0.2, 0.25) is 0 Å². The van der Waals surface area contributed by atoms with Gasteiger partial charge in [-0.3, -0.25) is 0 Å². The average molecular weight is 312 g/mol. The van der Waals surface area contributed by atoms with Crippen LogP contribution in [0.4, 0.5) is 11.6 Å². The monoisotopic (exact) mass is 312 g/mol. The molecule has 1 rings (SSSR count). The molecule has 21 heavy (non-hydrogen) atoms. The maximum Gasteiger partial charge on any atom is 0.191 e. The van der Waals surface area contributed by atoms with Gasteiger partial charge in [0.05, 0.1) is 6.10 Å². The zero-order valence-corrected chi connectivity index (χ0v) is 14.5. The van der Waals surface area contributed by atoms with Gasteiger partial charge < -0.3 is 15.7 Å². The number of aliphatic hydroxyl groups is 1. The van der Waals surface area contributed by atoms with Crippen LogP contribution in [-0.2, 0) is 0 Å². The second-order valence-electron chi connectivity index (χ2n) is 6.35. The normalized spacial score (nSPS) is 13.0. The van der Waals surface area contributed by atoms with E-state index in [-0.39, 0.29) is 11.5 Å². The van der Waals surface area contributed by atoms with Crippen molar-refractivity contribution in [3.63, 3.8) is 0 Å². The fraction of sp³-hybridized carbons (Fsp3) is 0.733. The number of nitrogens with zero attached hydrogens (tertiary/aromatic N) is 2. The van der Waals surface area contributed by atoms with Gasteiger partial charge in [-0.05, 0) is 24.5 Å². The lowest BCUT2D eigenvalue weighted by atomic mass is 9.89. The molecule has 0 amide bonds. The molecule has 3 N–H and O–H groups in total. The maximum absolute atomic E-state index is 10.1. The van der Waals surface area contributed by atoms with Crippen molar-refractivity contribution in [3.8, 4) is 0 Å². The first kappa shape index (κ1) is 18.0. The van der Waals surface area contributed by atoms with Crippen molar-refractivity contribution in [2.75, 3.05) is 30.0 Å². The summed E-state index contributed by atoms with van der Waals surface area (Å²) in [7, 11) is 0. The van der Waals surface area contributed by atoms with Crippen LogP contribution in [0.5, 0.6) is 0 Å². The Labute approximate surface area is 132 Å². The standard InChI is InChI=1S/C15H28N4OS/c1-6-7-16-12-8-13(19-14(18-12)21-5)17-10-11(20)9-15(2,3)4/h8,11,20H,6-7,9-10H2,1-5H3,(H2,16,17,18,19). The van der Waals surface area contributed by atoms with E-state index in [2.05, 4.69) is 48.3 Å². The molecule has 0 radical (unpaired) electrons. The first-order chi connectivity index (χ1) is 9.84.